The van der Waals surface area contributed by atoms with Crippen LogP contribution in [-0.2, 0) is 0 Å². The van der Waals surface area contributed by atoms with Crippen LogP contribution in [0, 0.1) is 6.92 Å². The third kappa shape index (κ3) is 2.79. The van der Waals surface area contributed by atoms with Crippen LogP contribution >= 0.6 is 0 Å². The molecule has 0 aliphatic rings. The first-order valence-electron chi connectivity index (χ1n) is 4.24. The number of hydrogen-bond donors (Lipinski definition) is 1. The minimum Gasteiger partial charge on any atom is -0.382 e. The largest absolute Gasteiger partial charge is 0.382 e. The first-order valence-corrected chi connectivity index (χ1v) is 4.24. The van der Waals surface area contributed by atoms with Gasteiger partial charge in [0.05, 0.1) is 0 Å². The van der Waals surface area contributed by atoms with E-state index in [0.29, 0.717) is 0 Å². The molecule has 1 aromatic carbocycles. The molecule has 0 heterocycles. The Kier molecular flexibility index (Phi) is 3.39. The molecule has 0 radical (unpaired) electrons. The normalized spacial score (nSPS) is 10.5. The van der Waals surface area contributed by atoms with Crippen molar-refractivity contribution in [1.29, 1.82) is 0 Å². The molecule has 0 unspecified atom stereocenters. The van der Waals surface area contributed by atoms with Crippen molar-refractivity contribution in [2.45, 2.75) is 13.8 Å². The van der Waals surface area contributed by atoms with E-state index in [9.17, 15) is 0 Å². The molecule has 0 fully saturated rings. The van der Waals surface area contributed by atoms with Gasteiger partial charge < -0.3 is 5.32 Å². The maximum Gasteiger partial charge on any atom is 0.0345 e. The molecular weight excluding hydrogens is 146 g/mol. The topological polar surface area (TPSA) is 12.0 Å². The van der Waals surface area contributed by atoms with Crippen molar-refractivity contribution in [3.8, 4) is 0 Å². The van der Waals surface area contributed by atoms with Gasteiger partial charge in [-0.15, -0.1) is 0 Å². The zero-order valence-electron chi connectivity index (χ0n) is 7.67. The average molecular weight is 161 g/mol. The molecule has 1 heteroatoms. The molecule has 1 rings (SSSR count). The van der Waals surface area contributed by atoms with Crippen LogP contribution < -0.4 is 5.32 Å². The monoisotopic (exact) mass is 161 g/mol. The molecule has 0 spiro atoms. The van der Waals surface area contributed by atoms with Crippen molar-refractivity contribution in [2.24, 2.45) is 0 Å². The Morgan fingerprint density at radius 1 is 1.42 bits per heavy atom. The molecule has 0 aliphatic carbocycles. The number of allylic oxidation sites excluding steroid dienone is 1. The van der Waals surface area contributed by atoms with Crippen molar-refractivity contribution in [1.82, 2.24) is 0 Å². The number of nitrogens with one attached hydrogen (secondary N) is 1. The smallest absolute Gasteiger partial charge is 0.0345 e. The second kappa shape index (κ2) is 4.60. The van der Waals surface area contributed by atoms with Crippen LogP contribution in [0.5, 0.6) is 0 Å². The summed E-state index contributed by atoms with van der Waals surface area (Å²) >= 11 is 0. The highest BCUT2D eigenvalue weighted by molar-refractivity contribution is 5.45. The highest BCUT2D eigenvalue weighted by Crippen LogP contribution is 2.08. The highest BCUT2D eigenvalue weighted by atomic mass is 14.8. The number of aryl methyl sites for hydroxylation is 1. The molecule has 1 aromatic rings. The molecule has 1 nitrogen and oxygen atoms in total. The zero-order valence-corrected chi connectivity index (χ0v) is 7.67. The van der Waals surface area contributed by atoms with Crippen LogP contribution in [0.15, 0.2) is 36.4 Å². The molecular formula is C11H15N. The third-order valence-corrected chi connectivity index (χ3v) is 1.68. The van der Waals surface area contributed by atoms with Crippen molar-refractivity contribution in [2.75, 3.05) is 11.9 Å². The van der Waals surface area contributed by atoms with E-state index in [1.165, 1.54) is 11.3 Å². The van der Waals surface area contributed by atoms with Gasteiger partial charge in [-0.05, 0) is 31.5 Å². The molecule has 0 atom stereocenters. The van der Waals surface area contributed by atoms with Gasteiger partial charge in [-0.2, -0.15) is 0 Å². The van der Waals surface area contributed by atoms with E-state index in [1.54, 1.807) is 0 Å². The highest BCUT2D eigenvalue weighted by Gasteiger charge is 1.88. The average Bonchev–Trinajstić information content (AvgIpc) is 2.05. The summed E-state index contributed by atoms with van der Waals surface area (Å²) in [7, 11) is 0. The summed E-state index contributed by atoms with van der Waals surface area (Å²) in [5.41, 5.74) is 2.48. The fraction of sp³-hybridized carbons (Fsp3) is 0.273. The van der Waals surface area contributed by atoms with Crippen molar-refractivity contribution < 1.29 is 0 Å². The summed E-state index contributed by atoms with van der Waals surface area (Å²) in [4.78, 5) is 0. The SMILES string of the molecule is CC=CCNc1cccc(C)c1. The molecule has 0 aliphatic heterocycles. The Hall–Kier alpha value is -1.24. The lowest BCUT2D eigenvalue weighted by Gasteiger charge is -2.03. The fourth-order valence-electron chi connectivity index (χ4n) is 1.05. The van der Waals surface area contributed by atoms with E-state index in [2.05, 4.69) is 42.6 Å². The van der Waals surface area contributed by atoms with Crippen molar-refractivity contribution in [3.05, 3.63) is 42.0 Å². The van der Waals surface area contributed by atoms with Gasteiger partial charge in [0.1, 0.15) is 0 Å². The predicted molar refractivity (Wildman–Crippen MR) is 54.5 cm³/mol. The second-order valence-corrected chi connectivity index (χ2v) is 2.82. The lowest BCUT2D eigenvalue weighted by molar-refractivity contribution is 1.31. The van der Waals surface area contributed by atoms with E-state index >= 15 is 0 Å². The van der Waals surface area contributed by atoms with Crippen LogP contribution in [-0.4, -0.2) is 6.54 Å². The lowest BCUT2D eigenvalue weighted by Crippen LogP contribution is -1.97. The van der Waals surface area contributed by atoms with Gasteiger partial charge in [0.2, 0.25) is 0 Å². The molecule has 64 valence electrons. The van der Waals surface area contributed by atoms with Crippen molar-refractivity contribution >= 4 is 5.69 Å². The van der Waals surface area contributed by atoms with Crippen LogP contribution in [0.4, 0.5) is 5.69 Å². The first-order chi connectivity index (χ1) is 5.83. The van der Waals surface area contributed by atoms with Crippen LogP contribution in [0.2, 0.25) is 0 Å². The predicted octanol–water partition coefficient (Wildman–Crippen LogP) is 2.98. The van der Waals surface area contributed by atoms with Gasteiger partial charge in [-0.3, -0.25) is 0 Å². The standard InChI is InChI=1S/C11H15N/c1-3-4-8-12-11-7-5-6-10(2)9-11/h3-7,9,12H,8H2,1-2H3. The van der Waals surface area contributed by atoms with Gasteiger partial charge in [0.15, 0.2) is 0 Å². The maximum atomic E-state index is 3.30. The minimum absolute atomic E-state index is 0.903. The molecule has 0 aromatic heterocycles. The molecule has 0 saturated carbocycles. The molecule has 0 bridgehead atoms. The molecule has 0 saturated heterocycles. The van der Waals surface area contributed by atoms with E-state index < -0.39 is 0 Å². The van der Waals surface area contributed by atoms with Crippen LogP contribution in [0.25, 0.3) is 0 Å². The number of rotatable bonds is 3. The fourth-order valence-corrected chi connectivity index (χ4v) is 1.05. The Morgan fingerprint density at radius 2 is 2.25 bits per heavy atom. The van der Waals surface area contributed by atoms with E-state index in [0.717, 1.165) is 6.54 Å². The van der Waals surface area contributed by atoms with Gasteiger partial charge >= 0.3 is 0 Å². The summed E-state index contributed by atoms with van der Waals surface area (Å²) in [5, 5.41) is 3.30. The molecule has 12 heavy (non-hydrogen) atoms. The zero-order chi connectivity index (χ0) is 8.81. The van der Waals surface area contributed by atoms with Crippen molar-refractivity contribution in [3.63, 3.8) is 0 Å². The third-order valence-electron chi connectivity index (χ3n) is 1.68. The van der Waals surface area contributed by atoms with E-state index in [4.69, 9.17) is 0 Å². The Bertz CT molecular complexity index is 263. The van der Waals surface area contributed by atoms with E-state index in [-0.39, 0.29) is 0 Å². The van der Waals surface area contributed by atoms with Gasteiger partial charge in [0, 0.05) is 12.2 Å². The second-order valence-electron chi connectivity index (χ2n) is 2.82. The lowest BCUT2D eigenvalue weighted by atomic mass is 10.2. The molecule has 1 N–H and O–H groups in total. The number of hydrogen-bond acceptors (Lipinski definition) is 1. The number of benzene rings is 1. The van der Waals surface area contributed by atoms with Gasteiger partial charge in [0.25, 0.3) is 0 Å². The summed E-state index contributed by atoms with van der Waals surface area (Å²) < 4.78 is 0. The van der Waals surface area contributed by atoms with Gasteiger partial charge in [-0.25, -0.2) is 0 Å². The first kappa shape index (κ1) is 8.85. The Balaban J connectivity index is 2.52. The van der Waals surface area contributed by atoms with Gasteiger partial charge in [-0.1, -0.05) is 24.3 Å². The van der Waals surface area contributed by atoms with Crippen LogP contribution in [0.3, 0.4) is 0 Å². The summed E-state index contributed by atoms with van der Waals surface area (Å²) in [6.45, 7) is 5.03. The Labute approximate surface area is 74.1 Å². The molecule has 0 amide bonds. The Morgan fingerprint density at radius 3 is 2.92 bits per heavy atom. The van der Waals surface area contributed by atoms with E-state index in [1.807, 2.05) is 13.0 Å². The summed E-state index contributed by atoms with van der Waals surface area (Å²) in [6.07, 6.45) is 4.14. The minimum atomic E-state index is 0.903. The summed E-state index contributed by atoms with van der Waals surface area (Å²) in [5.74, 6) is 0. The maximum absolute atomic E-state index is 3.30. The van der Waals surface area contributed by atoms with Crippen LogP contribution in [0.1, 0.15) is 12.5 Å². The quantitative estimate of drug-likeness (QED) is 0.672. The summed E-state index contributed by atoms with van der Waals surface area (Å²) in [6, 6.07) is 8.38. The number of anilines is 1.